The number of hydrogen-bond acceptors (Lipinski definition) is 1. The number of nitrogens with zero attached hydrogens (tertiary/aromatic N) is 1. The highest BCUT2D eigenvalue weighted by Gasteiger charge is 2.27. The molecular formula is C12H18NS2+. The first kappa shape index (κ1) is 12.7. The van der Waals surface area contributed by atoms with Gasteiger partial charge in [0.05, 0.1) is 13.1 Å². The van der Waals surface area contributed by atoms with E-state index in [0.717, 1.165) is 28.4 Å². The highest BCUT2D eigenvalue weighted by atomic mass is 32.1. The fraction of sp³-hybridized carbons (Fsp3) is 0.417. The number of quaternary nitrogens is 1. The summed E-state index contributed by atoms with van der Waals surface area (Å²) in [5.41, 5.74) is 1.32. The Kier molecular flexibility index (Phi) is 4.77. The average Bonchev–Trinajstić information content (AvgIpc) is 2.27. The lowest BCUT2D eigenvalue weighted by Gasteiger charge is -2.34. The van der Waals surface area contributed by atoms with Gasteiger partial charge < -0.3 is 0 Å². The van der Waals surface area contributed by atoms with Crippen molar-refractivity contribution >= 4 is 29.2 Å². The number of hydrogen-bond donors (Lipinski definition) is 1. The van der Waals surface area contributed by atoms with E-state index in [-0.39, 0.29) is 0 Å². The molecule has 0 spiro atoms. The number of benzene rings is 1. The maximum Gasteiger partial charge on any atom is 0.230 e. The van der Waals surface area contributed by atoms with Crippen LogP contribution in [0.2, 0.25) is 0 Å². The van der Waals surface area contributed by atoms with Crippen molar-refractivity contribution in [2.24, 2.45) is 0 Å². The zero-order valence-corrected chi connectivity index (χ0v) is 11.0. The van der Waals surface area contributed by atoms with Gasteiger partial charge in [-0.2, -0.15) is 0 Å². The predicted molar refractivity (Wildman–Crippen MR) is 73.1 cm³/mol. The molecular weight excluding hydrogens is 222 g/mol. The van der Waals surface area contributed by atoms with Crippen molar-refractivity contribution in [3.05, 3.63) is 35.9 Å². The van der Waals surface area contributed by atoms with E-state index in [1.165, 1.54) is 5.56 Å². The average molecular weight is 240 g/mol. The summed E-state index contributed by atoms with van der Waals surface area (Å²) in [6, 6.07) is 10.5. The molecule has 3 heteroatoms. The lowest BCUT2D eigenvalue weighted by Crippen LogP contribution is -2.48. The summed E-state index contributed by atoms with van der Waals surface area (Å²) in [4.78, 5) is 0. The molecule has 0 aliphatic rings. The van der Waals surface area contributed by atoms with Gasteiger partial charge in [-0.3, -0.25) is 4.48 Å². The van der Waals surface area contributed by atoms with Crippen LogP contribution < -0.4 is 0 Å². The van der Waals surface area contributed by atoms with E-state index in [9.17, 15) is 0 Å². The third-order valence-corrected chi connectivity index (χ3v) is 3.76. The summed E-state index contributed by atoms with van der Waals surface area (Å²) >= 11 is 9.64. The number of rotatable bonds is 4. The minimum absolute atomic E-state index is 0.780. The Morgan fingerprint density at radius 3 is 2.13 bits per heavy atom. The van der Waals surface area contributed by atoms with Gasteiger partial charge in [0.25, 0.3) is 0 Å². The Morgan fingerprint density at radius 1 is 1.20 bits per heavy atom. The first-order valence-corrected chi connectivity index (χ1v) is 6.13. The SMILES string of the molecule is CC[N+](CC)(Cc1ccccc1)C(=S)S. The third kappa shape index (κ3) is 3.03. The molecule has 0 aliphatic carbocycles. The fourth-order valence-corrected chi connectivity index (χ4v) is 2.39. The van der Waals surface area contributed by atoms with Gasteiger partial charge in [-0.15, -0.1) is 0 Å². The summed E-state index contributed by atoms with van der Waals surface area (Å²) in [5.74, 6) is 0. The lowest BCUT2D eigenvalue weighted by atomic mass is 10.2. The van der Waals surface area contributed by atoms with Crippen molar-refractivity contribution in [1.82, 2.24) is 0 Å². The first-order valence-electron chi connectivity index (χ1n) is 5.28. The van der Waals surface area contributed by atoms with E-state index in [1.807, 2.05) is 6.07 Å². The highest BCUT2D eigenvalue weighted by Crippen LogP contribution is 2.17. The topological polar surface area (TPSA) is 0 Å². The van der Waals surface area contributed by atoms with Gasteiger partial charge in [0.15, 0.2) is 0 Å². The van der Waals surface area contributed by atoms with Crippen molar-refractivity contribution in [3.8, 4) is 0 Å². The second kappa shape index (κ2) is 5.64. The summed E-state index contributed by atoms with van der Waals surface area (Å²) < 4.78 is 1.56. The van der Waals surface area contributed by atoms with Crippen LogP contribution in [0.5, 0.6) is 0 Å². The largest absolute Gasteiger partial charge is 0.273 e. The van der Waals surface area contributed by atoms with Crippen molar-refractivity contribution in [2.45, 2.75) is 20.4 Å². The molecule has 15 heavy (non-hydrogen) atoms. The molecule has 0 aromatic heterocycles. The third-order valence-electron chi connectivity index (χ3n) is 2.94. The van der Waals surface area contributed by atoms with Crippen molar-refractivity contribution in [3.63, 3.8) is 0 Å². The Labute approximate surface area is 103 Å². The minimum Gasteiger partial charge on any atom is -0.273 e. The molecule has 1 nitrogen and oxygen atoms in total. The monoisotopic (exact) mass is 240 g/mol. The van der Waals surface area contributed by atoms with Crippen LogP contribution in [0.15, 0.2) is 30.3 Å². The van der Waals surface area contributed by atoms with Crippen LogP contribution in [-0.2, 0) is 6.54 Å². The first-order chi connectivity index (χ1) is 7.14. The van der Waals surface area contributed by atoms with Crippen molar-refractivity contribution in [1.29, 1.82) is 0 Å². The van der Waals surface area contributed by atoms with Gasteiger partial charge in [0, 0.05) is 5.56 Å². The van der Waals surface area contributed by atoms with Crippen LogP contribution in [0.1, 0.15) is 19.4 Å². The van der Waals surface area contributed by atoms with Gasteiger partial charge >= 0.3 is 0 Å². The molecule has 82 valence electrons. The minimum atomic E-state index is 0.780. The summed E-state index contributed by atoms with van der Waals surface area (Å²) in [5, 5.41) is 0. The molecule has 0 saturated carbocycles. The van der Waals surface area contributed by atoms with Crippen LogP contribution >= 0.6 is 24.8 Å². The van der Waals surface area contributed by atoms with Crippen LogP contribution in [-0.4, -0.2) is 21.9 Å². The summed E-state index contributed by atoms with van der Waals surface area (Å²) in [7, 11) is 0. The molecule has 0 aliphatic heterocycles. The van der Waals surface area contributed by atoms with Crippen LogP contribution in [0.3, 0.4) is 0 Å². The molecule has 1 rings (SSSR count). The Balaban J connectivity index is 2.89. The molecule has 0 bridgehead atoms. The zero-order valence-electron chi connectivity index (χ0n) is 9.31. The molecule has 0 unspecified atom stereocenters. The van der Waals surface area contributed by atoms with Crippen molar-refractivity contribution < 1.29 is 4.48 Å². The molecule has 0 atom stereocenters. The maximum absolute atomic E-state index is 5.26. The molecule has 0 fully saturated rings. The maximum atomic E-state index is 5.26. The molecule has 0 radical (unpaired) electrons. The van der Waals surface area contributed by atoms with Gasteiger partial charge in [-0.05, 0) is 26.1 Å². The van der Waals surface area contributed by atoms with Crippen LogP contribution in [0.4, 0.5) is 0 Å². The molecule has 1 aromatic carbocycles. The van der Waals surface area contributed by atoms with E-state index in [2.05, 4.69) is 50.7 Å². The van der Waals surface area contributed by atoms with E-state index >= 15 is 0 Å². The summed E-state index contributed by atoms with van der Waals surface area (Å²) in [6.45, 7) is 7.25. The summed E-state index contributed by atoms with van der Waals surface area (Å²) in [6.07, 6.45) is 0. The molecule has 0 N–H and O–H groups in total. The number of thiol groups is 1. The molecule has 1 aromatic rings. The lowest BCUT2D eigenvalue weighted by molar-refractivity contribution is -0.845. The quantitative estimate of drug-likeness (QED) is 0.479. The van der Waals surface area contributed by atoms with Gasteiger partial charge in [0.1, 0.15) is 6.54 Å². The Bertz CT molecular complexity index is 318. The standard InChI is InChI=1S/C12H17NS2/c1-3-13(4-2,12(14)15)10-11-8-6-5-7-9-11/h5-9H,3-4,10H2,1-2H3/p+1. The highest BCUT2D eigenvalue weighted by molar-refractivity contribution is 8.10. The second-order valence-corrected chi connectivity index (χ2v) is 4.82. The molecule has 0 saturated heterocycles. The Morgan fingerprint density at radius 2 is 1.73 bits per heavy atom. The molecule has 0 heterocycles. The van der Waals surface area contributed by atoms with E-state index < -0.39 is 0 Å². The van der Waals surface area contributed by atoms with Crippen LogP contribution in [0.25, 0.3) is 0 Å². The van der Waals surface area contributed by atoms with E-state index in [4.69, 9.17) is 12.2 Å². The fourth-order valence-electron chi connectivity index (χ4n) is 1.72. The normalized spacial score (nSPS) is 11.4. The zero-order chi connectivity index (χ0) is 11.3. The molecule has 0 amide bonds. The second-order valence-electron chi connectivity index (χ2n) is 3.70. The van der Waals surface area contributed by atoms with Gasteiger partial charge in [0.2, 0.25) is 4.32 Å². The van der Waals surface area contributed by atoms with Gasteiger partial charge in [-0.1, -0.05) is 43.0 Å². The number of thiocarbonyl (C=S) groups is 1. The smallest absolute Gasteiger partial charge is 0.230 e. The van der Waals surface area contributed by atoms with Gasteiger partial charge in [-0.25, -0.2) is 0 Å². The Hall–Kier alpha value is -0.380. The van der Waals surface area contributed by atoms with E-state index in [0.29, 0.717) is 0 Å². The predicted octanol–water partition coefficient (Wildman–Crippen LogP) is 3.26. The van der Waals surface area contributed by atoms with Crippen LogP contribution in [0, 0.1) is 0 Å². The van der Waals surface area contributed by atoms with E-state index in [1.54, 1.807) is 0 Å². The van der Waals surface area contributed by atoms with Crippen molar-refractivity contribution in [2.75, 3.05) is 13.1 Å².